The fourth-order valence-corrected chi connectivity index (χ4v) is 2.30. The molecule has 2 aromatic carbocycles. The Hall–Kier alpha value is -1.52. The van der Waals surface area contributed by atoms with Crippen LogP contribution >= 0.6 is 27.5 Å². The quantitative estimate of drug-likeness (QED) is 0.852. The van der Waals surface area contributed by atoms with Gasteiger partial charge in [0.25, 0.3) is 0 Å². The Kier molecular flexibility index (Phi) is 5.04. The molecule has 0 heterocycles. The Bertz CT molecular complexity index is 631. The topological polar surface area (TPSA) is 41.1 Å². The first kappa shape index (κ1) is 14.9. The monoisotopic (exact) mass is 352 g/mol. The molecule has 2 N–H and O–H groups in total. The normalized spacial score (nSPS) is 10.2. The number of amides is 1. The van der Waals surface area contributed by atoms with Gasteiger partial charge in [-0.3, -0.25) is 4.79 Å². The average Bonchev–Trinajstić information content (AvgIpc) is 2.40. The second-order valence-electron chi connectivity index (χ2n) is 4.40. The predicted molar refractivity (Wildman–Crippen MR) is 87.5 cm³/mol. The van der Waals surface area contributed by atoms with E-state index in [1.54, 1.807) is 24.3 Å². The number of carbonyl (C=O) groups excluding carboxylic acids is 1. The first-order chi connectivity index (χ1) is 9.54. The molecule has 104 valence electrons. The number of anilines is 2. The molecule has 0 saturated carbocycles. The van der Waals surface area contributed by atoms with Gasteiger partial charge in [-0.15, -0.1) is 0 Å². The van der Waals surface area contributed by atoms with Gasteiger partial charge < -0.3 is 10.6 Å². The van der Waals surface area contributed by atoms with E-state index in [-0.39, 0.29) is 12.5 Å². The van der Waals surface area contributed by atoms with Gasteiger partial charge in [0.1, 0.15) is 0 Å². The molecule has 2 aromatic rings. The molecule has 2 rings (SSSR count). The van der Waals surface area contributed by atoms with E-state index in [0.29, 0.717) is 10.7 Å². The standard InChI is InChI=1S/C15H14BrClN2O/c1-10-5-6-13(16)14(7-10)18-9-15(20)19-12-4-2-3-11(17)8-12/h2-8,18H,9H2,1H3,(H,19,20). The van der Waals surface area contributed by atoms with Crippen molar-refractivity contribution in [2.45, 2.75) is 6.92 Å². The summed E-state index contributed by atoms with van der Waals surface area (Å²) in [5, 5.41) is 6.48. The molecule has 20 heavy (non-hydrogen) atoms. The summed E-state index contributed by atoms with van der Waals surface area (Å²) < 4.78 is 0.929. The molecule has 0 aliphatic carbocycles. The summed E-state index contributed by atoms with van der Waals surface area (Å²) in [4.78, 5) is 11.9. The second kappa shape index (κ2) is 6.77. The lowest BCUT2D eigenvalue weighted by molar-refractivity contribution is -0.114. The van der Waals surface area contributed by atoms with Crippen molar-refractivity contribution in [3.05, 3.63) is 57.5 Å². The molecule has 3 nitrogen and oxygen atoms in total. The highest BCUT2D eigenvalue weighted by molar-refractivity contribution is 9.10. The zero-order valence-electron chi connectivity index (χ0n) is 10.9. The minimum absolute atomic E-state index is 0.124. The number of benzene rings is 2. The summed E-state index contributed by atoms with van der Waals surface area (Å²) in [6.07, 6.45) is 0. The lowest BCUT2D eigenvalue weighted by atomic mass is 10.2. The third kappa shape index (κ3) is 4.25. The highest BCUT2D eigenvalue weighted by Gasteiger charge is 2.05. The van der Waals surface area contributed by atoms with E-state index in [4.69, 9.17) is 11.6 Å². The Morgan fingerprint density at radius 3 is 2.80 bits per heavy atom. The van der Waals surface area contributed by atoms with Crippen LogP contribution < -0.4 is 10.6 Å². The van der Waals surface area contributed by atoms with Crippen LogP contribution in [0.3, 0.4) is 0 Å². The van der Waals surface area contributed by atoms with Gasteiger partial charge in [0, 0.05) is 20.9 Å². The van der Waals surface area contributed by atoms with Crippen LogP contribution in [0.5, 0.6) is 0 Å². The van der Waals surface area contributed by atoms with E-state index in [1.165, 1.54) is 0 Å². The number of hydrogen-bond donors (Lipinski definition) is 2. The molecule has 0 atom stereocenters. The van der Waals surface area contributed by atoms with Crippen LogP contribution in [-0.4, -0.2) is 12.5 Å². The maximum absolute atomic E-state index is 11.9. The van der Waals surface area contributed by atoms with Crippen molar-refractivity contribution in [1.29, 1.82) is 0 Å². The van der Waals surface area contributed by atoms with Crippen LogP contribution in [0.25, 0.3) is 0 Å². The van der Waals surface area contributed by atoms with Crippen molar-refractivity contribution in [2.24, 2.45) is 0 Å². The molecule has 0 aliphatic heterocycles. The van der Waals surface area contributed by atoms with Gasteiger partial charge in [-0.1, -0.05) is 23.7 Å². The summed E-state index contributed by atoms with van der Waals surface area (Å²) in [6.45, 7) is 2.19. The maximum Gasteiger partial charge on any atom is 0.243 e. The molecular weight excluding hydrogens is 340 g/mol. The molecule has 0 unspecified atom stereocenters. The summed E-state index contributed by atoms with van der Waals surface area (Å²) in [5.74, 6) is -0.124. The third-order valence-electron chi connectivity index (χ3n) is 2.67. The van der Waals surface area contributed by atoms with Crippen LogP contribution in [0, 0.1) is 6.92 Å². The number of rotatable bonds is 4. The molecule has 0 radical (unpaired) electrons. The first-order valence-electron chi connectivity index (χ1n) is 6.10. The highest BCUT2D eigenvalue weighted by atomic mass is 79.9. The largest absolute Gasteiger partial charge is 0.375 e. The smallest absolute Gasteiger partial charge is 0.243 e. The zero-order chi connectivity index (χ0) is 14.5. The van der Waals surface area contributed by atoms with Gasteiger partial charge in [-0.05, 0) is 58.7 Å². The van der Waals surface area contributed by atoms with Crippen LogP contribution in [0.1, 0.15) is 5.56 Å². The molecule has 0 bridgehead atoms. The van der Waals surface area contributed by atoms with Crippen LogP contribution in [0.4, 0.5) is 11.4 Å². The van der Waals surface area contributed by atoms with E-state index in [9.17, 15) is 4.79 Å². The average molecular weight is 354 g/mol. The predicted octanol–water partition coefficient (Wildman–Crippen LogP) is 4.46. The number of hydrogen-bond acceptors (Lipinski definition) is 2. The van der Waals surface area contributed by atoms with Crippen LogP contribution in [0.15, 0.2) is 46.9 Å². The minimum Gasteiger partial charge on any atom is -0.375 e. The van der Waals surface area contributed by atoms with E-state index in [0.717, 1.165) is 15.7 Å². The van der Waals surface area contributed by atoms with Crippen molar-refractivity contribution < 1.29 is 4.79 Å². The maximum atomic E-state index is 11.9. The first-order valence-corrected chi connectivity index (χ1v) is 7.27. The van der Waals surface area contributed by atoms with Crippen LogP contribution in [-0.2, 0) is 4.79 Å². The summed E-state index contributed by atoms with van der Waals surface area (Å²) >= 11 is 9.31. The number of carbonyl (C=O) groups is 1. The zero-order valence-corrected chi connectivity index (χ0v) is 13.3. The van der Waals surface area contributed by atoms with E-state index in [2.05, 4.69) is 26.6 Å². The second-order valence-corrected chi connectivity index (χ2v) is 5.69. The van der Waals surface area contributed by atoms with E-state index < -0.39 is 0 Å². The Morgan fingerprint density at radius 2 is 2.05 bits per heavy atom. The fraction of sp³-hybridized carbons (Fsp3) is 0.133. The molecule has 0 fully saturated rings. The van der Waals surface area contributed by atoms with Crippen molar-refractivity contribution in [1.82, 2.24) is 0 Å². The molecule has 0 spiro atoms. The van der Waals surface area contributed by atoms with E-state index in [1.807, 2.05) is 25.1 Å². The SMILES string of the molecule is Cc1ccc(Br)c(NCC(=O)Nc2cccc(Cl)c2)c1. The van der Waals surface area contributed by atoms with Crippen molar-refractivity contribution >= 4 is 44.8 Å². The summed E-state index contributed by atoms with van der Waals surface area (Å²) in [6, 6.07) is 13.0. The van der Waals surface area contributed by atoms with Gasteiger partial charge in [0.15, 0.2) is 0 Å². The van der Waals surface area contributed by atoms with Gasteiger partial charge in [-0.2, -0.15) is 0 Å². The fourth-order valence-electron chi connectivity index (χ4n) is 1.72. The number of aryl methyl sites for hydroxylation is 1. The van der Waals surface area contributed by atoms with Gasteiger partial charge in [-0.25, -0.2) is 0 Å². The van der Waals surface area contributed by atoms with Crippen molar-refractivity contribution in [2.75, 3.05) is 17.2 Å². The number of nitrogens with one attached hydrogen (secondary N) is 2. The molecular formula is C15H14BrClN2O. The molecule has 1 amide bonds. The summed E-state index contributed by atoms with van der Waals surface area (Å²) in [5.41, 5.74) is 2.71. The Balaban J connectivity index is 1.94. The lowest BCUT2D eigenvalue weighted by Crippen LogP contribution is -2.21. The van der Waals surface area contributed by atoms with Crippen molar-refractivity contribution in [3.8, 4) is 0 Å². The van der Waals surface area contributed by atoms with Crippen molar-refractivity contribution in [3.63, 3.8) is 0 Å². The molecule has 0 aromatic heterocycles. The lowest BCUT2D eigenvalue weighted by Gasteiger charge is -2.10. The van der Waals surface area contributed by atoms with Gasteiger partial charge in [0.2, 0.25) is 5.91 Å². The highest BCUT2D eigenvalue weighted by Crippen LogP contribution is 2.23. The molecule has 5 heteroatoms. The number of halogens is 2. The van der Waals surface area contributed by atoms with Crippen LogP contribution in [0.2, 0.25) is 5.02 Å². The van der Waals surface area contributed by atoms with Gasteiger partial charge >= 0.3 is 0 Å². The molecule has 0 saturated heterocycles. The minimum atomic E-state index is -0.124. The third-order valence-corrected chi connectivity index (χ3v) is 3.60. The van der Waals surface area contributed by atoms with Gasteiger partial charge in [0.05, 0.1) is 6.54 Å². The molecule has 0 aliphatic rings. The van der Waals surface area contributed by atoms with E-state index >= 15 is 0 Å². The Morgan fingerprint density at radius 1 is 1.25 bits per heavy atom. The summed E-state index contributed by atoms with van der Waals surface area (Å²) in [7, 11) is 0. The Labute approximate surface area is 131 Å².